The molecule has 0 fully saturated rings. The van der Waals surface area contributed by atoms with Crippen LogP contribution in [0.5, 0.6) is 0 Å². The van der Waals surface area contributed by atoms with Crippen LogP contribution >= 0.6 is 0 Å². The van der Waals surface area contributed by atoms with Crippen LogP contribution in [0.3, 0.4) is 0 Å². The number of pyridine rings is 1. The number of nitrogens with zero attached hydrogens (tertiary/aromatic N) is 1. The molecule has 2 nitrogen and oxygen atoms in total. The Hall–Kier alpha value is -1.31. The maximum atomic E-state index is 4.19. The summed E-state index contributed by atoms with van der Waals surface area (Å²) >= 11 is 0. The molecule has 0 radical (unpaired) electrons. The van der Waals surface area contributed by atoms with Crippen molar-refractivity contribution in [2.24, 2.45) is 0 Å². The molecule has 0 unspecified atom stereocenters. The zero-order valence-electron chi connectivity index (χ0n) is 6.46. The van der Waals surface area contributed by atoms with Gasteiger partial charge in [-0.3, -0.25) is 0 Å². The van der Waals surface area contributed by atoms with Crippen molar-refractivity contribution in [3.63, 3.8) is 0 Å². The molecule has 1 N–H and O–H groups in total. The second-order valence-corrected chi connectivity index (χ2v) is 2.57. The Balaban J connectivity index is 2.76. The molecule has 2 heteroatoms. The number of aromatic amines is 1. The van der Waals surface area contributed by atoms with Crippen LogP contribution in [-0.2, 0) is 6.42 Å². The van der Waals surface area contributed by atoms with E-state index in [1.54, 1.807) is 6.20 Å². The molecule has 0 aliphatic carbocycles. The third-order valence-corrected chi connectivity index (χ3v) is 1.92. The number of aromatic nitrogens is 2. The van der Waals surface area contributed by atoms with Gasteiger partial charge in [0.1, 0.15) is 5.65 Å². The zero-order valence-corrected chi connectivity index (χ0v) is 6.46. The van der Waals surface area contributed by atoms with Crippen LogP contribution in [0, 0.1) is 0 Å². The maximum Gasteiger partial charge on any atom is 0.137 e. The smallest absolute Gasteiger partial charge is 0.137 e. The third kappa shape index (κ3) is 0.909. The molecule has 0 saturated heterocycles. The van der Waals surface area contributed by atoms with E-state index >= 15 is 0 Å². The van der Waals surface area contributed by atoms with Crippen LogP contribution < -0.4 is 0 Å². The number of aryl methyl sites for hydroxylation is 1. The lowest BCUT2D eigenvalue weighted by atomic mass is 10.2. The van der Waals surface area contributed by atoms with Crippen LogP contribution in [0.25, 0.3) is 11.0 Å². The Morgan fingerprint density at radius 3 is 3.27 bits per heavy atom. The number of rotatable bonds is 1. The van der Waals surface area contributed by atoms with Gasteiger partial charge in [-0.05, 0) is 24.1 Å². The third-order valence-electron chi connectivity index (χ3n) is 1.92. The number of hydrogen-bond donors (Lipinski definition) is 1. The average molecular weight is 146 g/mol. The van der Waals surface area contributed by atoms with Crippen LogP contribution in [0.15, 0.2) is 24.5 Å². The molecule has 0 aliphatic rings. The van der Waals surface area contributed by atoms with Gasteiger partial charge in [0.15, 0.2) is 0 Å². The topological polar surface area (TPSA) is 28.7 Å². The normalized spacial score (nSPS) is 10.6. The first kappa shape index (κ1) is 6.40. The largest absolute Gasteiger partial charge is 0.346 e. The molecule has 2 aromatic heterocycles. The Kier molecular flexibility index (Phi) is 1.39. The van der Waals surface area contributed by atoms with E-state index < -0.39 is 0 Å². The Labute approximate surface area is 65.3 Å². The van der Waals surface area contributed by atoms with Gasteiger partial charge in [-0.15, -0.1) is 0 Å². The maximum absolute atomic E-state index is 4.19. The van der Waals surface area contributed by atoms with Gasteiger partial charge >= 0.3 is 0 Å². The van der Waals surface area contributed by atoms with Crippen molar-refractivity contribution in [3.05, 3.63) is 30.1 Å². The molecule has 11 heavy (non-hydrogen) atoms. The monoisotopic (exact) mass is 146 g/mol. The second kappa shape index (κ2) is 2.38. The first-order valence-corrected chi connectivity index (χ1v) is 3.83. The fourth-order valence-electron chi connectivity index (χ4n) is 1.31. The molecule has 2 aromatic rings. The van der Waals surface area contributed by atoms with Gasteiger partial charge in [-0.2, -0.15) is 0 Å². The standard InChI is InChI=1S/C9H10N2/c1-2-7-6-11-9-8(7)4-3-5-10-9/h3-6H,2H2,1H3,(H,10,11). The summed E-state index contributed by atoms with van der Waals surface area (Å²) in [5.41, 5.74) is 2.33. The SMILES string of the molecule is CCc1c[nH]c2ncccc12. The second-order valence-electron chi connectivity index (χ2n) is 2.57. The van der Waals surface area contributed by atoms with Gasteiger partial charge in [0.25, 0.3) is 0 Å². The van der Waals surface area contributed by atoms with Gasteiger partial charge in [-0.1, -0.05) is 6.92 Å². The number of H-pyrrole nitrogens is 1. The molecule has 0 spiro atoms. The first-order valence-electron chi connectivity index (χ1n) is 3.83. The number of hydrogen-bond acceptors (Lipinski definition) is 1. The van der Waals surface area contributed by atoms with E-state index in [4.69, 9.17) is 0 Å². The summed E-state index contributed by atoms with van der Waals surface area (Å²) in [7, 11) is 0. The minimum absolute atomic E-state index is 0.990. The van der Waals surface area contributed by atoms with Gasteiger partial charge < -0.3 is 4.98 Å². The van der Waals surface area contributed by atoms with Crippen LogP contribution in [0.1, 0.15) is 12.5 Å². The fourth-order valence-corrected chi connectivity index (χ4v) is 1.31. The summed E-state index contributed by atoms with van der Waals surface area (Å²) in [6, 6.07) is 4.06. The van der Waals surface area contributed by atoms with Crippen molar-refractivity contribution >= 4 is 11.0 Å². The zero-order chi connectivity index (χ0) is 7.68. The molecular weight excluding hydrogens is 136 g/mol. The van der Waals surface area contributed by atoms with E-state index in [2.05, 4.69) is 23.0 Å². The van der Waals surface area contributed by atoms with Crippen molar-refractivity contribution < 1.29 is 0 Å². The van der Waals surface area contributed by atoms with E-state index in [1.807, 2.05) is 12.3 Å². The van der Waals surface area contributed by atoms with Crippen molar-refractivity contribution in [2.75, 3.05) is 0 Å². The minimum Gasteiger partial charge on any atom is -0.346 e. The first-order chi connectivity index (χ1) is 5.42. The Bertz CT molecular complexity index is 362. The molecule has 2 heterocycles. The van der Waals surface area contributed by atoms with Crippen molar-refractivity contribution in [1.82, 2.24) is 9.97 Å². The van der Waals surface area contributed by atoms with Crippen LogP contribution in [0.2, 0.25) is 0 Å². The molecule has 0 aromatic carbocycles. The van der Waals surface area contributed by atoms with Gasteiger partial charge in [-0.25, -0.2) is 4.98 Å². The molecule has 0 atom stereocenters. The Morgan fingerprint density at radius 1 is 1.55 bits per heavy atom. The highest BCUT2D eigenvalue weighted by Crippen LogP contribution is 2.15. The van der Waals surface area contributed by atoms with E-state index in [9.17, 15) is 0 Å². The van der Waals surface area contributed by atoms with E-state index in [-0.39, 0.29) is 0 Å². The minimum atomic E-state index is 0.990. The lowest BCUT2D eigenvalue weighted by molar-refractivity contribution is 1.15. The van der Waals surface area contributed by atoms with Gasteiger partial charge in [0.2, 0.25) is 0 Å². The van der Waals surface area contributed by atoms with Crippen LogP contribution in [0.4, 0.5) is 0 Å². The summed E-state index contributed by atoms with van der Waals surface area (Å²) in [6.07, 6.45) is 4.89. The van der Waals surface area contributed by atoms with E-state index in [0.717, 1.165) is 12.1 Å². The molecule has 2 rings (SSSR count). The average Bonchev–Trinajstić information content (AvgIpc) is 2.47. The van der Waals surface area contributed by atoms with E-state index in [1.165, 1.54) is 10.9 Å². The molecule has 0 amide bonds. The molecular formula is C9H10N2. The number of fused-ring (bicyclic) bond motifs is 1. The highest BCUT2D eigenvalue weighted by atomic mass is 14.8. The fraction of sp³-hybridized carbons (Fsp3) is 0.222. The summed E-state index contributed by atoms with van der Waals surface area (Å²) in [4.78, 5) is 7.32. The van der Waals surface area contributed by atoms with E-state index in [0.29, 0.717) is 0 Å². The van der Waals surface area contributed by atoms with Crippen molar-refractivity contribution in [1.29, 1.82) is 0 Å². The van der Waals surface area contributed by atoms with Gasteiger partial charge in [0, 0.05) is 17.8 Å². The Morgan fingerprint density at radius 2 is 2.45 bits per heavy atom. The quantitative estimate of drug-likeness (QED) is 0.656. The van der Waals surface area contributed by atoms with Crippen molar-refractivity contribution in [2.45, 2.75) is 13.3 Å². The van der Waals surface area contributed by atoms with Crippen LogP contribution in [-0.4, -0.2) is 9.97 Å². The molecule has 0 saturated carbocycles. The molecule has 0 bridgehead atoms. The summed E-state index contributed by atoms with van der Waals surface area (Å²) in [5, 5.41) is 1.25. The highest BCUT2D eigenvalue weighted by molar-refractivity contribution is 5.79. The number of nitrogens with one attached hydrogen (secondary N) is 1. The summed E-state index contributed by atoms with van der Waals surface area (Å²) < 4.78 is 0. The predicted molar refractivity (Wildman–Crippen MR) is 45.5 cm³/mol. The summed E-state index contributed by atoms with van der Waals surface area (Å²) in [5.74, 6) is 0. The van der Waals surface area contributed by atoms with Crippen molar-refractivity contribution in [3.8, 4) is 0 Å². The predicted octanol–water partition coefficient (Wildman–Crippen LogP) is 2.13. The molecule has 56 valence electrons. The summed E-state index contributed by atoms with van der Waals surface area (Å²) in [6.45, 7) is 2.15. The highest BCUT2D eigenvalue weighted by Gasteiger charge is 1.99. The van der Waals surface area contributed by atoms with Gasteiger partial charge in [0.05, 0.1) is 0 Å². The lowest BCUT2D eigenvalue weighted by Crippen LogP contribution is -1.75. The molecule has 0 aliphatic heterocycles. The lowest BCUT2D eigenvalue weighted by Gasteiger charge is -1.89.